The number of aromatic nitrogens is 2. The summed E-state index contributed by atoms with van der Waals surface area (Å²) in [6.45, 7) is 5.30. The van der Waals surface area contributed by atoms with Gasteiger partial charge < -0.3 is 5.32 Å². The van der Waals surface area contributed by atoms with E-state index in [4.69, 9.17) is 0 Å². The molecule has 1 N–H and O–H groups in total. The second-order valence-corrected chi connectivity index (χ2v) is 4.93. The minimum absolute atomic E-state index is 0.232. The summed E-state index contributed by atoms with van der Waals surface area (Å²) >= 11 is 0. The molecular formula is C16H23N3. The second-order valence-electron chi connectivity index (χ2n) is 4.93. The summed E-state index contributed by atoms with van der Waals surface area (Å²) in [6.07, 6.45) is 6.35. The monoisotopic (exact) mass is 257 g/mol. The third kappa shape index (κ3) is 3.44. The predicted molar refractivity (Wildman–Crippen MR) is 79.2 cm³/mol. The van der Waals surface area contributed by atoms with Gasteiger partial charge in [0, 0.05) is 18.8 Å². The van der Waals surface area contributed by atoms with E-state index >= 15 is 0 Å². The summed E-state index contributed by atoms with van der Waals surface area (Å²) in [7, 11) is 1.96. The maximum absolute atomic E-state index is 4.28. The van der Waals surface area contributed by atoms with E-state index in [1.54, 1.807) is 0 Å². The number of nitrogens with one attached hydrogen (secondary N) is 1. The van der Waals surface area contributed by atoms with Gasteiger partial charge in [0.2, 0.25) is 0 Å². The van der Waals surface area contributed by atoms with Gasteiger partial charge in [-0.25, -0.2) is 0 Å². The van der Waals surface area contributed by atoms with E-state index in [1.165, 1.54) is 23.1 Å². The van der Waals surface area contributed by atoms with Gasteiger partial charge in [0.25, 0.3) is 0 Å². The molecule has 0 fully saturated rings. The SMILES string of the molecule is CCCc1cccc(C(NCC)c2cnn(C)c2)c1. The summed E-state index contributed by atoms with van der Waals surface area (Å²) in [4.78, 5) is 0. The molecule has 0 spiro atoms. The Labute approximate surface area is 115 Å². The van der Waals surface area contributed by atoms with Crippen molar-refractivity contribution >= 4 is 0 Å². The zero-order valence-corrected chi connectivity index (χ0v) is 12.1. The van der Waals surface area contributed by atoms with Gasteiger partial charge in [-0.2, -0.15) is 5.10 Å². The fraction of sp³-hybridized carbons (Fsp3) is 0.438. The topological polar surface area (TPSA) is 29.9 Å². The highest BCUT2D eigenvalue weighted by Gasteiger charge is 2.14. The van der Waals surface area contributed by atoms with Crippen molar-refractivity contribution in [2.45, 2.75) is 32.7 Å². The van der Waals surface area contributed by atoms with Gasteiger partial charge in [-0.3, -0.25) is 4.68 Å². The van der Waals surface area contributed by atoms with Gasteiger partial charge >= 0.3 is 0 Å². The summed E-state index contributed by atoms with van der Waals surface area (Å²) in [5.41, 5.74) is 3.95. The Bertz CT molecular complexity index is 516. The van der Waals surface area contributed by atoms with Crippen molar-refractivity contribution in [1.29, 1.82) is 0 Å². The van der Waals surface area contributed by atoms with Crippen LogP contribution in [0.4, 0.5) is 0 Å². The van der Waals surface area contributed by atoms with Crippen molar-refractivity contribution in [2.24, 2.45) is 7.05 Å². The molecule has 0 saturated carbocycles. The van der Waals surface area contributed by atoms with Gasteiger partial charge in [-0.15, -0.1) is 0 Å². The van der Waals surface area contributed by atoms with Gasteiger partial charge in [0.1, 0.15) is 0 Å². The molecule has 2 aromatic rings. The Kier molecular flexibility index (Phi) is 4.74. The van der Waals surface area contributed by atoms with Crippen molar-refractivity contribution < 1.29 is 0 Å². The molecule has 2 rings (SSSR count). The number of hydrogen-bond donors (Lipinski definition) is 1. The molecule has 1 atom stereocenters. The molecule has 1 aromatic heterocycles. The molecule has 3 nitrogen and oxygen atoms in total. The smallest absolute Gasteiger partial charge is 0.0607 e. The largest absolute Gasteiger partial charge is 0.306 e. The van der Waals surface area contributed by atoms with Gasteiger partial charge in [0.05, 0.1) is 12.2 Å². The van der Waals surface area contributed by atoms with Crippen LogP contribution in [0.1, 0.15) is 43.0 Å². The van der Waals surface area contributed by atoms with Crippen LogP contribution in [0.15, 0.2) is 36.7 Å². The lowest BCUT2D eigenvalue weighted by atomic mass is 9.98. The molecule has 0 aliphatic heterocycles. The highest BCUT2D eigenvalue weighted by atomic mass is 15.2. The van der Waals surface area contributed by atoms with Crippen LogP contribution in [-0.2, 0) is 13.5 Å². The van der Waals surface area contributed by atoms with Crippen molar-refractivity contribution in [3.8, 4) is 0 Å². The fourth-order valence-corrected chi connectivity index (χ4v) is 2.44. The Balaban J connectivity index is 2.30. The maximum atomic E-state index is 4.28. The molecule has 0 radical (unpaired) electrons. The third-order valence-electron chi connectivity index (χ3n) is 3.29. The fourth-order valence-electron chi connectivity index (χ4n) is 2.44. The quantitative estimate of drug-likeness (QED) is 0.862. The third-order valence-corrected chi connectivity index (χ3v) is 3.29. The molecule has 0 aliphatic rings. The maximum Gasteiger partial charge on any atom is 0.0607 e. The predicted octanol–water partition coefficient (Wildman–Crippen LogP) is 3.07. The second kappa shape index (κ2) is 6.53. The molecule has 0 bridgehead atoms. The highest BCUT2D eigenvalue weighted by molar-refractivity contribution is 5.32. The normalized spacial score (nSPS) is 12.6. The van der Waals surface area contributed by atoms with Gasteiger partial charge in [-0.05, 0) is 24.1 Å². The zero-order valence-electron chi connectivity index (χ0n) is 12.1. The average molecular weight is 257 g/mol. The Morgan fingerprint density at radius 1 is 1.26 bits per heavy atom. The summed E-state index contributed by atoms with van der Waals surface area (Å²) in [5.74, 6) is 0. The summed E-state index contributed by atoms with van der Waals surface area (Å²) in [5, 5.41) is 7.83. The highest BCUT2D eigenvalue weighted by Crippen LogP contribution is 2.22. The van der Waals surface area contributed by atoms with Crippen LogP contribution in [0.2, 0.25) is 0 Å². The van der Waals surface area contributed by atoms with E-state index in [-0.39, 0.29) is 6.04 Å². The first-order valence-electron chi connectivity index (χ1n) is 7.05. The van der Waals surface area contributed by atoms with Crippen molar-refractivity contribution in [3.05, 3.63) is 53.3 Å². The Hall–Kier alpha value is -1.61. The molecule has 0 aliphatic carbocycles. The van der Waals surface area contributed by atoms with Crippen LogP contribution in [0.5, 0.6) is 0 Å². The first-order chi connectivity index (χ1) is 9.24. The van der Waals surface area contributed by atoms with Gasteiger partial charge in [-0.1, -0.05) is 44.5 Å². The van der Waals surface area contributed by atoms with E-state index < -0.39 is 0 Å². The van der Waals surface area contributed by atoms with Crippen molar-refractivity contribution in [2.75, 3.05) is 6.54 Å². The van der Waals surface area contributed by atoms with E-state index in [1.807, 2.05) is 17.9 Å². The molecule has 3 heteroatoms. The van der Waals surface area contributed by atoms with E-state index in [9.17, 15) is 0 Å². The minimum atomic E-state index is 0.232. The molecule has 1 unspecified atom stereocenters. The Morgan fingerprint density at radius 3 is 2.74 bits per heavy atom. The van der Waals surface area contributed by atoms with E-state index in [2.05, 4.69) is 54.7 Å². The average Bonchev–Trinajstić information content (AvgIpc) is 2.83. The lowest BCUT2D eigenvalue weighted by molar-refractivity contribution is 0.629. The van der Waals surface area contributed by atoms with Crippen molar-refractivity contribution in [3.63, 3.8) is 0 Å². The first-order valence-corrected chi connectivity index (χ1v) is 7.05. The number of aryl methyl sites for hydroxylation is 2. The minimum Gasteiger partial charge on any atom is -0.306 e. The molecule has 0 saturated heterocycles. The molecule has 1 aromatic carbocycles. The van der Waals surface area contributed by atoms with Crippen molar-refractivity contribution in [1.82, 2.24) is 15.1 Å². The molecule has 0 amide bonds. The van der Waals surface area contributed by atoms with Crippen LogP contribution in [0, 0.1) is 0 Å². The van der Waals surface area contributed by atoms with E-state index in [0.717, 1.165) is 13.0 Å². The lowest BCUT2D eigenvalue weighted by Gasteiger charge is -2.17. The number of rotatable bonds is 6. The molecule has 102 valence electrons. The Morgan fingerprint density at radius 2 is 2.11 bits per heavy atom. The first kappa shape index (κ1) is 13.8. The molecular weight excluding hydrogens is 234 g/mol. The van der Waals surface area contributed by atoms with Crippen LogP contribution >= 0.6 is 0 Å². The number of nitrogens with zero attached hydrogens (tertiary/aromatic N) is 2. The number of hydrogen-bond acceptors (Lipinski definition) is 2. The standard InChI is InChI=1S/C16H23N3/c1-4-7-13-8-6-9-14(10-13)16(17-5-2)15-11-18-19(3)12-15/h6,8-12,16-17H,4-5,7H2,1-3H3. The number of benzene rings is 1. The molecule has 1 heterocycles. The van der Waals surface area contributed by atoms with Crippen LogP contribution < -0.4 is 5.32 Å². The lowest BCUT2D eigenvalue weighted by Crippen LogP contribution is -2.21. The van der Waals surface area contributed by atoms with Crippen LogP contribution in [0.3, 0.4) is 0 Å². The summed E-state index contributed by atoms with van der Waals surface area (Å²) < 4.78 is 1.86. The van der Waals surface area contributed by atoms with E-state index in [0.29, 0.717) is 0 Å². The van der Waals surface area contributed by atoms with Crippen LogP contribution in [0.25, 0.3) is 0 Å². The summed E-state index contributed by atoms with van der Waals surface area (Å²) in [6, 6.07) is 9.10. The van der Waals surface area contributed by atoms with Crippen LogP contribution in [-0.4, -0.2) is 16.3 Å². The zero-order chi connectivity index (χ0) is 13.7. The van der Waals surface area contributed by atoms with Gasteiger partial charge in [0.15, 0.2) is 0 Å². The molecule has 19 heavy (non-hydrogen) atoms.